The highest BCUT2D eigenvalue weighted by Gasteiger charge is 2.15. The maximum Gasteiger partial charge on any atom is 0.323 e. The number of nitro groups is 1. The number of hydrogen-bond donors (Lipinski definition) is 3. The summed E-state index contributed by atoms with van der Waals surface area (Å²) in [6.45, 7) is 0.233. The van der Waals surface area contributed by atoms with E-state index in [1.165, 1.54) is 18.2 Å². The average Bonchev–Trinajstić information content (AvgIpc) is 2.91. The smallest absolute Gasteiger partial charge is 0.323 e. The Morgan fingerprint density at radius 3 is 2.62 bits per heavy atom. The number of imidazole rings is 1. The lowest BCUT2D eigenvalue weighted by molar-refractivity contribution is -0.384. The summed E-state index contributed by atoms with van der Waals surface area (Å²) in [5.41, 5.74) is 1.78. The molecule has 0 saturated heterocycles. The number of carbonyl (C=O) groups is 1. The van der Waals surface area contributed by atoms with E-state index in [9.17, 15) is 19.7 Å². The topological polar surface area (TPSA) is 121 Å². The van der Waals surface area contributed by atoms with Gasteiger partial charge in [-0.2, -0.15) is 0 Å². The molecule has 8 nitrogen and oxygen atoms in total. The number of benzene rings is 2. The Hall–Kier alpha value is -3.13. The first-order valence-corrected chi connectivity index (χ1v) is 7.25. The Balaban J connectivity index is 1.73. The molecule has 3 aromatic rings. The molecule has 122 valence electrons. The van der Waals surface area contributed by atoms with Gasteiger partial charge in [-0.1, -0.05) is 17.7 Å². The van der Waals surface area contributed by atoms with Crippen molar-refractivity contribution in [3.05, 3.63) is 73.1 Å². The highest BCUT2D eigenvalue weighted by molar-refractivity contribution is 6.33. The highest BCUT2D eigenvalue weighted by Crippen LogP contribution is 2.24. The second-order valence-corrected chi connectivity index (χ2v) is 5.47. The van der Waals surface area contributed by atoms with E-state index in [0.29, 0.717) is 11.0 Å². The van der Waals surface area contributed by atoms with E-state index in [-0.39, 0.29) is 28.5 Å². The van der Waals surface area contributed by atoms with E-state index in [4.69, 9.17) is 11.6 Å². The molecule has 0 aliphatic rings. The SMILES string of the molecule is O=C(NCc1ccc2[nH]c(=O)[nH]c2c1)c1ccc([N+](=O)[O-])c(Cl)c1. The van der Waals surface area contributed by atoms with E-state index in [2.05, 4.69) is 15.3 Å². The third-order valence-electron chi connectivity index (χ3n) is 3.44. The predicted molar refractivity (Wildman–Crippen MR) is 88.2 cm³/mol. The van der Waals surface area contributed by atoms with Gasteiger partial charge in [0.05, 0.1) is 16.0 Å². The van der Waals surface area contributed by atoms with Gasteiger partial charge < -0.3 is 15.3 Å². The van der Waals surface area contributed by atoms with Crippen molar-refractivity contribution in [1.82, 2.24) is 15.3 Å². The van der Waals surface area contributed by atoms with Crippen LogP contribution in [0.4, 0.5) is 5.69 Å². The van der Waals surface area contributed by atoms with E-state index < -0.39 is 10.8 Å². The van der Waals surface area contributed by atoms with E-state index in [0.717, 1.165) is 5.56 Å². The highest BCUT2D eigenvalue weighted by atomic mass is 35.5. The first-order valence-electron chi connectivity index (χ1n) is 6.87. The minimum atomic E-state index is -0.614. The molecule has 1 aromatic heterocycles. The van der Waals surface area contributed by atoms with Gasteiger partial charge >= 0.3 is 5.69 Å². The minimum absolute atomic E-state index is 0.0982. The lowest BCUT2D eigenvalue weighted by Gasteiger charge is -2.06. The van der Waals surface area contributed by atoms with Crippen LogP contribution >= 0.6 is 11.6 Å². The van der Waals surface area contributed by atoms with Crippen molar-refractivity contribution < 1.29 is 9.72 Å². The molecular weight excluding hydrogens is 336 g/mol. The molecule has 0 fully saturated rings. The monoisotopic (exact) mass is 346 g/mol. The van der Waals surface area contributed by atoms with Crippen LogP contribution in [0.25, 0.3) is 11.0 Å². The lowest BCUT2D eigenvalue weighted by atomic mass is 10.1. The molecule has 3 N–H and O–H groups in total. The van der Waals surface area contributed by atoms with Crippen LogP contribution < -0.4 is 11.0 Å². The zero-order chi connectivity index (χ0) is 17.3. The Kier molecular flexibility index (Phi) is 4.05. The number of rotatable bonds is 4. The zero-order valence-electron chi connectivity index (χ0n) is 12.1. The molecule has 0 saturated carbocycles. The molecule has 0 aliphatic carbocycles. The van der Waals surface area contributed by atoms with Gasteiger partial charge in [-0.3, -0.25) is 14.9 Å². The van der Waals surface area contributed by atoms with E-state index >= 15 is 0 Å². The molecule has 1 amide bonds. The molecule has 0 bridgehead atoms. The van der Waals surface area contributed by atoms with Crippen LogP contribution in [0.5, 0.6) is 0 Å². The van der Waals surface area contributed by atoms with Gasteiger partial charge in [-0.05, 0) is 29.8 Å². The van der Waals surface area contributed by atoms with Gasteiger partial charge in [0.25, 0.3) is 11.6 Å². The number of nitrogens with zero attached hydrogens (tertiary/aromatic N) is 1. The number of aromatic nitrogens is 2. The third-order valence-corrected chi connectivity index (χ3v) is 3.74. The second-order valence-electron chi connectivity index (χ2n) is 5.07. The molecule has 0 spiro atoms. The van der Waals surface area contributed by atoms with Crippen LogP contribution in [0, 0.1) is 10.1 Å². The molecule has 0 radical (unpaired) electrons. The van der Waals surface area contributed by atoms with E-state index in [1.54, 1.807) is 18.2 Å². The van der Waals surface area contributed by atoms with Crippen LogP contribution in [0.3, 0.4) is 0 Å². The first kappa shape index (κ1) is 15.8. The van der Waals surface area contributed by atoms with Crippen LogP contribution in [-0.2, 0) is 6.54 Å². The zero-order valence-corrected chi connectivity index (χ0v) is 12.9. The summed E-state index contributed by atoms with van der Waals surface area (Å²) in [6, 6.07) is 9.03. The number of halogens is 1. The summed E-state index contributed by atoms with van der Waals surface area (Å²) in [6.07, 6.45) is 0. The largest absolute Gasteiger partial charge is 0.348 e. The van der Waals surface area contributed by atoms with Crippen molar-refractivity contribution in [2.24, 2.45) is 0 Å². The first-order chi connectivity index (χ1) is 11.4. The molecule has 24 heavy (non-hydrogen) atoms. The second kappa shape index (κ2) is 6.17. The fourth-order valence-corrected chi connectivity index (χ4v) is 2.52. The number of nitro benzene ring substituents is 1. The van der Waals surface area contributed by atoms with Crippen LogP contribution in [0.2, 0.25) is 5.02 Å². The van der Waals surface area contributed by atoms with Gasteiger partial charge in [-0.15, -0.1) is 0 Å². The summed E-state index contributed by atoms with van der Waals surface area (Å²) < 4.78 is 0. The summed E-state index contributed by atoms with van der Waals surface area (Å²) >= 11 is 5.79. The summed E-state index contributed by atoms with van der Waals surface area (Å²) in [5, 5.41) is 13.3. The fraction of sp³-hybridized carbons (Fsp3) is 0.0667. The average molecular weight is 347 g/mol. The van der Waals surface area contributed by atoms with Gasteiger partial charge in [0, 0.05) is 18.2 Å². The van der Waals surface area contributed by atoms with Gasteiger partial charge in [0.2, 0.25) is 0 Å². The molecular formula is C15H11ClN4O4. The van der Waals surface area contributed by atoms with Gasteiger partial charge in [0.1, 0.15) is 5.02 Å². The predicted octanol–water partition coefficient (Wildman–Crippen LogP) is 2.35. The maximum absolute atomic E-state index is 12.1. The van der Waals surface area contributed by atoms with Crippen molar-refractivity contribution >= 4 is 34.2 Å². The Bertz CT molecular complexity index is 1010. The summed E-state index contributed by atoms with van der Waals surface area (Å²) in [4.78, 5) is 38.7. The van der Waals surface area contributed by atoms with Crippen LogP contribution in [0.1, 0.15) is 15.9 Å². The van der Waals surface area contributed by atoms with Crippen LogP contribution in [0.15, 0.2) is 41.2 Å². The molecule has 1 heterocycles. The molecule has 0 atom stereocenters. The van der Waals surface area contributed by atoms with Gasteiger partial charge in [-0.25, -0.2) is 4.79 Å². The Morgan fingerprint density at radius 1 is 1.17 bits per heavy atom. The molecule has 0 aliphatic heterocycles. The van der Waals surface area contributed by atoms with Crippen molar-refractivity contribution in [3.63, 3.8) is 0 Å². The standard InChI is InChI=1S/C15H11ClN4O4/c16-10-6-9(2-4-13(10)20(23)24)14(21)17-7-8-1-3-11-12(5-8)19-15(22)18-11/h1-6H,7H2,(H,17,21)(H2,18,19,22). The van der Waals surface area contributed by atoms with Crippen molar-refractivity contribution in [2.45, 2.75) is 6.54 Å². The summed E-state index contributed by atoms with van der Waals surface area (Å²) in [5.74, 6) is -0.408. The number of aromatic amines is 2. The number of hydrogen-bond acceptors (Lipinski definition) is 4. The number of amides is 1. The molecule has 0 unspecified atom stereocenters. The number of H-pyrrole nitrogens is 2. The van der Waals surface area contributed by atoms with Crippen molar-refractivity contribution in [2.75, 3.05) is 0 Å². The third kappa shape index (κ3) is 3.13. The summed E-state index contributed by atoms with van der Waals surface area (Å²) in [7, 11) is 0. The maximum atomic E-state index is 12.1. The Labute approximate surface area is 139 Å². The Morgan fingerprint density at radius 2 is 1.92 bits per heavy atom. The van der Waals surface area contributed by atoms with Gasteiger partial charge in [0.15, 0.2) is 0 Å². The fourth-order valence-electron chi connectivity index (χ4n) is 2.27. The normalized spacial score (nSPS) is 10.7. The molecule has 3 rings (SSSR count). The number of fused-ring (bicyclic) bond motifs is 1. The number of carbonyl (C=O) groups excluding carboxylic acids is 1. The van der Waals surface area contributed by atoms with E-state index in [1.807, 2.05) is 0 Å². The minimum Gasteiger partial charge on any atom is -0.348 e. The van der Waals surface area contributed by atoms with Crippen molar-refractivity contribution in [3.8, 4) is 0 Å². The van der Waals surface area contributed by atoms with Crippen LogP contribution in [-0.4, -0.2) is 20.8 Å². The number of nitrogens with one attached hydrogen (secondary N) is 3. The molecule has 9 heteroatoms. The van der Waals surface area contributed by atoms with Crippen molar-refractivity contribution in [1.29, 1.82) is 0 Å². The lowest BCUT2D eigenvalue weighted by Crippen LogP contribution is -2.22. The quantitative estimate of drug-likeness (QED) is 0.496. The molecule has 2 aromatic carbocycles.